The van der Waals surface area contributed by atoms with Crippen molar-refractivity contribution < 1.29 is 9.90 Å². The first-order chi connectivity index (χ1) is 8.04. The molecule has 0 saturated carbocycles. The van der Waals surface area contributed by atoms with E-state index in [-0.39, 0.29) is 0 Å². The minimum atomic E-state index is -0.812. The van der Waals surface area contributed by atoms with Gasteiger partial charge in [0.05, 0.1) is 0 Å². The van der Waals surface area contributed by atoms with Gasteiger partial charge < -0.3 is 10.4 Å². The van der Waals surface area contributed by atoms with Gasteiger partial charge in [-0.3, -0.25) is 9.48 Å². The number of carboxylic acid groups (broad SMARTS) is 1. The van der Waals surface area contributed by atoms with Crippen LogP contribution in [0.1, 0.15) is 31.4 Å². The van der Waals surface area contributed by atoms with Crippen LogP contribution in [-0.4, -0.2) is 38.4 Å². The van der Waals surface area contributed by atoms with Crippen LogP contribution < -0.4 is 5.32 Å². The van der Waals surface area contributed by atoms with Crippen molar-refractivity contribution in [2.24, 2.45) is 0 Å². The molecule has 0 amide bonds. The van der Waals surface area contributed by atoms with Gasteiger partial charge in [-0.2, -0.15) is 5.10 Å². The topological polar surface area (TPSA) is 80.0 Å². The van der Waals surface area contributed by atoms with E-state index in [9.17, 15) is 4.79 Å². The van der Waals surface area contributed by atoms with Crippen molar-refractivity contribution >= 4 is 5.97 Å². The number of carbonyl (C=O) groups is 1. The summed E-state index contributed by atoms with van der Waals surface area (Å²) in [6.07, 6.45) is 1.43. The SMILES string of the molecule is CCCNC(CCn1nc(C)nc1C)C(=O)O. The zero-order valence-corrected chi connectivity index (χ0v) is 10.6. The fraction of sp³-hybridized carbons (Fsp3) is 0.727. The van der Waals surface area contributed by atoms with Crippen molar-refractivity contribution in [3.63, 3.8) is 0 Å². The van der Waals surface area contributed by atoms with Gasteiger partial charge >= 0.3 is 5.97 Å². The lowest BCUT2D eigenvalue weighted by atomic mass is 10.2. The number of carboxylic acids is 1. The number of aliphatic carboxylic acids is 1. The zero-order valence-electron chi connectivity index (χ0n) is 10.6. The maximum Gasteiger partial charge on any atom is 0.320 e. The van der Waals surface area contributed by atoms with Gasteiger partial charge in [-0.1, -0.05) is 6.92 Å². The average Bonchev–Trinajstić information content (AvgIpc) is 2.57. The van der Waals surface area contributed by atoms with E-state index in [1.807, 2.05) is 20.8 Å². The van der Waals surface area contributed by atoms with Crippen LogP contribution in [0.2, 0.25) is 0 Å². The van der Waals surface area contributed by atoms with Crippen molar-refractivity contribution in [2.45, 2.75) is 46.2 Å². The molecule has 1 heterocycles. The smallest absolute Gasteiger partial charge is 0.320 e. The molecule has 96 valence electrons. The molecule has 0 spiro atoms. The van der Waals surface area contributed by atoms with E-state index in [4.69, 9.17) is 5.11 Å². The highest BCUT2D eigenvalue weighted by Gasteiger charge is 2.16. The molecule has 1 rings (SSSR count). The highest BCUT2D eigenvalue weighted by atomic mass is 16.4. The van der Waals surface area contributed by atoms with Crippen molar-refractivity contribution in [3.8, 4) is 0 Å². The molecule has 1 atom stereocenters. The lowest BCUT2D eigenvalue weighted by molar-refractivity contribution is -0.139. The molecule has 0 aliphatic rings. The van der Waals surface area contributed by atoms with Crippen LogP contribution in [0.25, 0.3) is 0 Å². The summed E-state index contributed by atoms with van der Waals surface area (Å²) in [7, 11) is 0. The van der Waals surface area contributed by atoms with Gasteiger partial charge in [0.2, 0.25) is 0 Å². The van der Waals surface area contributed by atoms with Crippen LogP contribution in [0.15, 0.2) is 0 Å². The molecular weight excluding hydrogens is 220 g/mol. The number of nitrogens with one attached hydrogen (secondary N) is 1. The van der Waals surface area contributed by atoms with E-state index >= 15 is 0 Å². The van der Waals surface area contributed by atoms with Crippen LogP contribution >= 0.6 is 0 Å². The van der Waals surface area contributed by atoms with Gasteiger partial charge in [0.1, 0.15) is 17.7 Å². The van der Waals surface area contributed by atoms with E-state index in [2.05, 4.69) is 15.4 Å². The Kier molecular flexibility index (Phi) is 5.09. The first-order valence-electron chi connectivity index (χ1n) is 5.88. The molecule has 2 N–H and O–H groups in total. The van der Waals surface area contributed by atoms with E-state index < -0.39 is 12.0 Å². The monoisotopic (exact) mass is 240 g/mol. The second kappa shape index (κ2) is 6.34. The van der Waals surface area contributed by atoms with E-state index in [0.717, 1.165) is 18.1 Å². The second-order valence-corrected chi connectivity index (χ2v) is 4.06. The van der Waals surface area contributed by atoms with E-state index in [1.54, 1.807) is 4.68 Å². The predicted octanol–water partition coefficient (Wildman–Crippen LogP) is 0.738. The molecule has 17 heavy (non-hydrogen) atoms. The minimum absolute atomic E-state index is 0.513. The number of hydrogen-bond donors (Lipinski definition) is 2. The number of hydrogen-bond acceptors (Lipinski definition) is 4. The molecular formula is C11H20N4O2. The fourth-order valence-corrected chi connectivity index (χ4v) is 1.66. The van der Waals surface area contributed by atoms with Gasteiger partial charge in [0.25, 0.3) is 0 Å². The Morgan fingerprint density at radius 1 is 1.53 bits per heavy atom. The number of nitrogens with zero attached hydrogens (tertiary/aromatic N) is 3. The zero-order chi connectivity index (χ0) is 12.8. The van der Waals surface area contributed by atoms with Crippen molar-refractivity contribution in [2.75, 3.05) is 6.54 Å². The maximum absolute atomic E-state index is 11.0. The van der Waals surface area contributed by atoms with Crippen LogP contribution in [0, 0.1) is 13.8 Å². The third-order valence-corrected chi connectivity index (χ3v) is 2.53. The molecule has 1 unspecified atom stereocenters. The van der Waals surface area contributed by atoms with Gasteiger partial charge in [0, 0.05) is 6.54 Å². The Morgan fingerprint density at radius 2 is 2.24 bits per heavy atom. The summed E-state index contributed by atoms with van der Waals surface area (Å²) < 4.78 is 1.75. The molecule has 0 radical (unpaired) electrons. The van der Waals surface area contributed by atoms with Gasteiger partial charge in [0.15, 0.2) is 0 Å². The van der Waals surface area contributed by atoms with Crippen LogP contribution in [0.5, 0.6) is 0 Å². The summed E-state index contributed by atoms with van der Waals surface area (Å²) in [6.45, 7) is 6.99. The highest BCUT2D eigenvalue weighted by Crippen LogP contribution is 2.01. The number of aryl methyl sites for hydroxylation is 3. The molecule has 0 bridgehead atoms. The highest BCUT2D eigenvalue weighted by molar-refractivity contribution is 5.73. The minimum Gasteiger partial charge on any atom is -0.480 e. The van der Waals surface area contributed by atoms with Crippen molar-refractivity contribution in [3.05, 3.63) is 11.6 Å². The Morgan fingerprint density at radius 3 is 2.71 bits per heavy atom. The summed E-state index contributed by atoms with van der Waals surface area (Å²) in [5, 5.41) is 16.3. The Hall–Kier alpha value is -1.43. The van der Waals surface area contributed by atoms with Gasteiger partial charge in [-0.15, -0.1) is 0 Å². The van der Waals surface area contributed by atoms with E-state index in [1.165, 1.54) is 0 Å². The average molecular weight is 240 g/mol. The number of aromatic nitrogens is 3. The third kappa shape index (κ3) is 4.14. The number of rotatable bonds is 7. The largest absolute Gasteiger partial charge is 0.480 e. The Balaban J connectivity index is 2.51. The maximum atomic E-state index is 11.0. The second-order valence-electron chi connectivity index (χ2n) is 4.06. The molecule has 0 aliphatic heterocycles. The summed E-state index contributed by atoms with van der Waals surface area (Å²) in [6, 6.07) is -0.515. The molecule has 0 fully saturated rings. The normalized spacial score (nSPS) is 12.6. The summed E-state index contributed by atoms with van der Waals surface area (Å²) >= 11 is 0. The third-order valence-electron chi connectivity index (χ3n) is 2.53. The molecule has 6 nitrogen and oxygen atoms in total. The molecule has 0 aromatic carbocycles. The quantitative estimate of drug-likeness (QED) is 0.734. The first-order valence-corrected chi connectivity index (χ1v) is 5.88. The lowest BCUT2D eigenvalue weighted by Crippen LogP contribution is -2.38. The Labute approximate surface area is 101 Å². The Bertz CT molecular complexity index is 376. The van der Waals surface area contributed by atoms with Crippen LogP contribution in [-0.2, 0) is 11.3 Å². The summed E-state index contributed by atoms with van der Waals surface area (Å²) in [4.78, 5) is 15.2. The van der Waals surface area contributed by atoms with Crippen molar-refractivity contribution in [1.82, 2.24) is 20.1 Å². The van der Waals surface area contributed by atoms with Gasteiger partial charge in [-0.25, -0.2) is 4.98 Å². The fourth-order valence-electron chi connectivity index (χ4n) is 1.66. The van der Waals surface area contributed by atoms with Crippen molar-refractivity contribution in [1.29, 1.82) is 0 Å². The summed E-state index contributed by atoms with van der Waals surface area (Å²) in [5.74, 6) is 0.728. The molecule has 6 heteroatoms. The molecule has 1 aromatic rings. The molecule has 0 aliphatic carbocycles. The molecule has 0 saturated heterocycles. The molecule has 1 aromatic heterocycles. The first kappa shape index (κ1) is 13.6. The standard InChI is InChI=1S/C11H20N4O2/c1-4-6-12-10(11(16)17)5-7-15-9(3)13-8(2)14-15/h10,12H,4-7H2,1-3H3,(H,16,17). The van der Waals surface area contributed by atoms with E-state index in [0.29, 0.717) is 19.5 Å². The predicted molar refractivity (Wildman–Crippen MR) is 63.8 cm³/mol. The summed E-state index contributed by atoms with van der Waals surface area (Å²) in [5.41, 5.74) is 0. The van der Waals surface area contributed by atoms with Gasteiger partial charge in [-0.05, 0) is 33.2 Å². The van der Waals surface area contributed by atoms with Crippen LogP contribution in [0.4, 0.5) is 0 Å². The lowest BCUT2D eigenvalue weighted by Gasteiger charge is -2.13. The van der Waals surface area contributed by atoms with Crippen LogP contribution in [0.3, 0.4) is 0 Å².